The first-order chi connectivity index (χ1) is 14.4. The number of nitrogens with zero attached hydrogens (tertiary/aromatic N) is 1. The Bertz CT molecular complexity index is 1090. The van der Waals surface area contributed by atoms with E-state index < -0.39 is 28.5 Å². The lowest BCUT2D eigenvalue weighted by atomic mass is 9.78. The molecule has 1 aromatic carbocycles. The van der Waals surface area contributed by atoms with Crippen molar-refractivity contribution >= 4 is 17.4 Å². The summed E-state index contributed by atoms with van der Waals surface area (Å²) in [6, 6.07) is 1.92. The van der Waals surface area contributed by atoms with Crippen molar-refractivity contribution in [2.75, 3.05) is 20.3 Å². The minimum Gasteiger partial charge on any atom is -0.492 e. The van der Waals surface area contributed by atoms with Crippen molar-refractivity contribution in [2.45, 2.75) is 46.6 Å². The lowest BCUT2D eigenvalue weighted by molar-refractivity contribution is 0.101. The second-order valence-electron chi connectivity index (χ2n) is 8.47. The van der Waals surface area contributed by atoms with Gasteiger partial charge in [0.15, 0.2) is 11.6 Å². The molecular weight excluding hydrogens is 409 g/mol. The van der Waals surface area contributed by atoms with E-state index in [1.807, 2.05) is 20.8 Å². The number of ether oxygens (including phenoxy) is 2. The van der Waals surface area contributed by atoms with Crippen molar-refractivity contribution in [3.05, 3.63) is 50.5 Å². The van der Waals surface area contributed by atoms with Gasteiger partial charge in [-0.05, 0) is 36.5 Å². The molecule has 0 fully saturated rings. The number of carbonyl (C=O) groups is 1. The van der Waals surface area contributed by atoms with Gasteiger partial charge in [0.1, 0.15) is 5.75 Å². The molecule has 2 aromatic rings. The van der Waals surface area contributed by atoms with E-state index in [1.165, 1.54) is 17.7 Å². The van der Waals surface area contributed by atoms with Gasteiger partial charge in [0.25, 0.3) is 0 Å². The van der Waals surface area contributed by atoms with Crippen LogP contribution in [0.1, 0.15) is 57.4 Å². The predicted molar refractivity (Wildman–Crippen MR) is 115 cm³/mol. The number of carbonyl (C=O) groups excluding carboxylic acids is 1. The summed E-state index contributed by atoms with van der Waals surface area (Å²) >= 11 is 6.41. The van der Waals surface area contributed by atoms with Gasteiger partial charge in [-0.2, -0.15) is 0 Å². The number of hydrogen-bond acceptors (Lipinski definition) is 4. The van der Waals surface area contributed by atoms with Crippen molar-refractivity contribution < 1.29 is 20.0 Å². The maximum Gasteiger partial charge on any atom is 0.228 e. The molecule has 30 heavy (non-hydrogen) atoms. The van der Waals surface area contributed by atoms with Crippen molar-refractivity contribution in [1.82, 2.24) is 4.57 Å². The summed E-state index contributed by atoms with van der Waals surface area (Å²) in [7, 11) is 1.61. The predicted octanol–water partition coefficient (Wildman–Crippen LogP) is 5.07. The number of rotatable bonds is 6. The van der Waals surface area contributed by atoms with Crippen LogP contribution in [0.25, 0.3) is 11.3 Å². The molecule has 0 saturated carbocycles. The van der Waals surface area contributed by atoms with Gasteiger partial charge in [-0.25, -0.2) is 4.39 Å². The number of hydrogen-bond donors (Lipinski definition) is 0. The van der Waals surface area contributed by atoms with Gasteiger partial charge in [-0.3, -0.25) is 9.59 Å². The van der Waals surface area contributed by atoms with Crippen LogP contribution >= 0.6 is 11.6 Å². The number of ketones is 1. The van der Waals surface area contributed by atoms with Crippen LogP contribution in [0.5, 0.6) is 5.75 Å². The molecule has 0 bridgehead atoms. The highest BCUT2D eigenvalue weighted by atomic mass is 35.5. The molecular formula is C23H27ClFNO4. The van der Waals surface area contributed by atoms with Crippen LogP contribution < -0.4 is 10.2 Å². The van der Waals surface area contributed by atoms with Crippen LogP contribution in [0.2, 0.25) is 5.02 Å². The van der Waals surface area contributed by atoms with Crippen molar-refractivity contribution in [3.63, 3.8) is 0 Å². The minimum absolute atomic E-state index is 0.0333. The van der Waals surface area contributed by atoms with Crippen LogP contribution in [0.15, 0.2) is 23.1 Å². The molecule has 0 spiro atoms. The van der Waals surface area contributed by atoms with Gasteiger partial charge in [0.05, 0.1) is 24.3 Å². The Morgan fingerprint density at radius 2 is 2.07 bits per heavy atom. The summed E-state index contributed by atoms with van der Waals surface area (Å²) in [6.45, 7) is 7.77. The molecule has 7 heteroatoms. The van der Waals surface area contributed by atoms with E-state index in [9.17, 15) is 11.0 Å². The lowest BCUT2D eigenvalue weighted by Crippen LogP contribution is -2.34. The normalized spacial score (nSPS) is 18.4. The van der Waals surface area contributed by atoms with Crippen molar-refractivity contribution in [1.29, 1.82) is 0 Å². The second kappa shape index (κ2) is 8.52. The Labute approximate surface area is 182 Å². The summed E-state index contributed by atoms with van der Waals surface area (Å²) in [6.07, 6.45) is 2.21. The van der Waals surface area contributed by atoms with E-state index in [-0.39, 0.29) is 22.7 Å². The Kier molecular flexibility index (Phi) is 5.98. The molecule has 0 radical (unpaired) electrons. The molecule has 0 aliphatic carbocycles. The van der Waals surface area contributed by atoms with Crippen molar-refractivity contribution in [2.24, 2.45) is 5.41 Å². The number of halogens is 2. The highest BCUT2D eigenvalue weighted by Gasteiger charge is 2.36. The van der Waals surface area contributed by atoms with E-state index >= 15 is 4.39 Å². The first kappa shape index (κ1) is 21.1. The van der Waals surface area contributed by atoms with Crippen molar-refractivity contribution in [3.8, 4) is 17.0 Å². The topological polar surface area (TPSA) is 57.5 Å². The fraction of sp³-hybridized carbons (Fsp3) is 0.478. The Balaban J connectivity index is 2.25. The van der Waals surface area contributed by atoms with E-state index in [2.05, 4.69) is 0 Å². The monoisotopic (exact) mass is 436 g/mol. The molecule has 5 nitrogen and oxygen atoms in total. The van der Waals surface area contributed by atoms with Crippen LogP contribution in [0.4, 0.5) is 4.39 Å². The molecule has 1 aliphatic heterocycles. The van der Waals surface area contributed by atoms with Gasteiger partial charge < -0.3 is 14.0 Å². The zero-order chi connectivity index (χ0) is 23.1. The number of aromatic nitrogens is 1. The average molecular weight is 437 g/mol. The first-order valence-corrected chi connectivity index (χ1v) is 10.2. The Hall–Kier alpha value is -2.18. The van der Waals surface area contributed by atoms with Crippen LogP contribution in [-0.2, 0) is 11.2 Å². The average Bonchev–Trinajstić information content (AvgIpc) is 2.67. The highest BCUT2D eigenvalue weighted by molar-refractivity contribution is 6.32. The van der Waals surface area contributed by atoms with Crippen LogP contribution in [0, 0.1) is 11.2 Å². The number of methoxy groups -OCH3 is 1. The van der Waals surface area contributed by atoms with Gasteiger partial charge in [-0.15, -0.1) is 0 Å². The molecule has 1 atom stereocenters. The molecule has 1 aliphatic rings. The zero-order valence-corrected chi connectivity index (χ0v) is 18.7. The minimum atomic E-state index is -1.35. The highest BCUT2D eigenvalue weighted by Crippen LogP contribution is 2.45. The molecule has 0 N–H and O–H groups in total. The SMILES string of the molecule is [2H][C@@]1(C(C)(C)C)Cc2cc(OCCCOC)c(Cl)cc2-c2c(F)c(=O)c(C(C)=O)cn21. The van der Waals surface area contributed by atoms with E-state index in [0.717, 1.165) is 0 Å². The molecule has 2 heterocycles. The third-order valence-electron chi connectivity index (χ3n) is 5.21. The molecule has 1 aromatic heterocycles. The number of pyridine rings is 1. The zero-order valence-electron chi connectivity index (χ0n) is 18.9. The summed E-state index contributed by atoms with van der Waals surface area (Å²) < 4.78 is 36.9. The quantitative estimate of drug-likeness (QED) is 0.468. The summed E-state index contributed by atoms with van der Waals surface area (Å²) in [4.78, 5) is 24.5. The number of Topliss-reactive ketones (excluding diaryl/α,β-unsaturated/α-hetero) is 1. The van der Waals surface area contributed by atoms with Gasteiger partial charge in [0.2, 0.25) is 5.43 Å². The van der Waals surface area contributed by atoms with Gasteiger partial charge >= 0.3 is 0 Å². The third kappa shape index (κ3) is 4.16. The Morgan fingerprint density at radius 1 is 1.37 bits per heavy atom. The molecule has 0 unspecified atom stereocenters. The summed E-state index contributed by atoms with van der Waals surface area (Å²) in [5, 5.41) is 0.276. The standard InChI is InChI=1S/C23H27ClFNO4/c1-13(27)16-12-26-19(23(2,3)4)10-14-9-18(30-8-6-7-29-5)17(24)11-15(14)21(26)20(25)22(16)28/h9,11-12,19H,6-8,10H2,1-5H3/t19-/m0/s1/i19D. The maximum atomic E-state index is 15.4. The molecule has 3 rings (SSSR count). The molecule has 0 saturated heterocycles. The smallest absolute Gasteiger partial charge is 0.228 e. The van der Waals surface area contributed by atoms with Crippen LogP contribution in [-0.4, -0.2) is 30.7 Å². The van der Waals surface area contributed by atoms with E-state index in [1.54, 1.807) is 19.2 Å². The Morgan fingerprint density at radius 3 is 2.67 bits per heavy atom. The fourth-order valence-electron chi connectivity index (χ4n) is 3.65. The molecule has 0 amide bonds. The first-order valence-electron chi connectivity index (χ1n) is 10.3. The largest absolute Gasteiger partial charge is 0.492 e. The second-order valence-corrected chi connectivity index (χ2v) is 8.88. The molecule has 162 valence electrons. The van der Waals surface area contributed by atoms with E-state index in [0.29, 0.717) is 36.5 Å². The lowest BCUT2D eigenvalue weighted by Gasteiger charge is -2.39. The van der Waals surface area contributed by atoms with E-state index in [4.69, 9.17) is 21.1 Å². The van der Waals surface area contributed by atoms with Gasteiger partial charge in [-0.1, -0.05) is 32.4 Å². The number of fused-ring (bicyclic) bond motifs is 3. The maximum absolute atomic E-state index is 15.4. The number of benzene rings is 1. The van der Waals surface area contributed by atoms with Crippen LogP contribution in [0.3, 0.4) is 0 Å². The fourth-order valence-corrected chi connectivity index (χ4v) is 3.86. The summed E-state index contributed by atoms with van der Waals surface area (Å²) in [5.41, 5.74) is -0.840. The summed E-state index contributed by atoms with van der Waals surface area (Å²) in [5.74, 6) is -1.16. The third-order valence-corrected chi connectivity index (χ3v) is 5.50. The van der Waals surface area contributed by atoms with Gasteiger partial charge in [0, 0.05) is 37.9 Å².